The van der Waals surface area contributed by atoms with Gasteiger partial charge in [-0.2, -0.15) is 0 Å². The summed E-state index contributed by atoms with van der Waals surface area (Å²) in [5.41, 5.74) is 1.25. The Morgan fingerprint density at radius 3 is 2.76 bits per heavy atom. The lowest BCUT2D eigenvalue weighted by molar-refractivity contribution is 0.0603. The van der Waals surface area contributed by atoms with Gasteiger partial charge in [0, 0.05) is 19.8 Å². The van der Waals surface area contributed by atoms with Crippen LogP contribution in [0.1, 0.15) is 50.7 Å². The Hall–Kier alpha value is -0.900. The van der Waals surface area contributed by atoms with E-state index in [0.29, 0.717) is 12.1 Å². The lowest BCUT2D eigenvalue weighted by Gasteiger charge is -2.27. The second-order valence-corrected chi connectivity index (χ2v) is 5.80. The maximum Gasteiger partial charge on any atom is 0.0973 e. The van der Waals surface area contributed by atoms with Gasteiger partial charge in [0.15, 0.2) is 0 Å². The van der Waals surface area contributed by atoms with Gasteiger partial charge in [-0.25, -0.2) is 0 Å². The van der Waals surface area contributed by atoms with Crippen LogP contribution in [-0.4, -0.2) is 32.4 Å². The molecule has 1 aliphatic rings. The van der Waals surface area contributed by atoms with Gasteiger partial charge in [-0.05, 0) is 44.2 Å². The Morgan fingerprint density at radius 2 is 2.14 bits per heavy atom. The Bertz CT molecular complexity index is 376. The summed E-state index contributed by atoms with van der Waals surface area (Å²) in [6.45, 7) is 4.08. The van der Waals surface area contributed by atoms with E-state index < -0.39 is 0 Å². The molecule has 0 spiro atoms. The molecule has 1 heterocycles. The highest BCUT2D eigenvalue weighted by atomic mass is 16.5. The number of nitrogens with one attached hydrogen (secondary N) is 1. The predicted molar refractivity (Wildman–Crippen MR) is 86.5 cm³/mol. The fraction of sp³-hybridized carbons (Fsp3) is 0.667. The number of rotatable bonds is 9. The molecule has 0 bridgehead atoms. The number of hydrogen-bond donors (Lipinski definition) is 1. The third-order valence-corrected chi connectivity index (χ3v) is 4.28. The first kappa shape index (κ1) is 16.5. The summed E-state index contributed by atoms with van der Waals surface area (Å²) in [6.07, 6.45) is 6.56. The predicted octanol–water partition coefficient (Wildman–Crippen LogP) is 3.70. The molecular weight excluding hydrogens is 262 g/mol. The largest absolute Gasteiger partial charge is 0.378 e. The zero-order valence-electron chi connectivity index (χ0n) is 13.4. The number of methoxy groups -OCH3 is 1. The van der Waals surface area contributed by atoms with Crippen molar-refractivity contribution in [3.8, 4) is 0 Å². The van der Waals surface area contributed by atoms with E-state index in [1.165, 1.54) is 31.2 Å². The van der Waals surface area contributed by atoms with Gasteiger partial charge >= 0.3 is 0 Å². The molecule has 0 radical (unpaired) electrons. The van der Waals surface area contributed by atoms with Gasteiger partial charge < -0.3 is 14.8 Å². The fourth-order valence-corrected chi connectivity index (χ4v) is 3.24. The first-order chi connectivity index (χ1) is 10.3. The van der Waals surface area contributed by atoms with Crippen molar-refractivity contribution in [1.82, 2.24) is 5.32 Å². The van der Waals surface area contributed by atoms with Crippen LogP contribution in [0.5, 0.6) is 0 Å². The zero-order valence-corrected chi connectivity index (χ0v) is 13.4. The van der Waals surface area contributed by atoms with Crippen LogP contribution in [0.4, 0.5) is 0 Å². The van der Waals surface area contributed by atoms with E-state index >= 15 is 0 Å². The molecule has 118 valence electrons. The maximum atomic E-state index is 5.78. The number of hydrogen-bond acceptors (Lipinski definition) is 3. The highest BCUT2D eigenvalue weighted by Crippen LogP contribution is 2.25. The lowest BCUT2D eigenvalue weighted by atomic mass is 9.96. The van der Waals surface area contributed by atoms with E-state index in [1.807, 2.05) is 7.11 Å². The Labute approximate surface area is 129 Å². The zero-order chi connectivity index (χ0) is 14.9. The minimum Gasteiger partial charge on any atom is -0.378 e. The molecule has 1 aromatic rings. The molecule has 0 saturated carbocycles. The van der Waals surface area contributed by atoms with Crippen molar-refractivity contribution in [2.75, 3.05) is 20.3 Å². The highest BCUT2D eigenvalue weighted by molar-refractivity contribution is 5.19. The van der Waals surface area contributed by atoms with E-state index in [4.69, 9.17) is 9.47 Å². The van der Waals surface area contributed by atoms with E-state index in [9.17, 15) is 0 Å². The minimum atomic E-state index is 0.121. The Balaban J connectivity index is 1.89. The van der Waals surface area contributed by atoms with Crippen molar-refractivity contribution < 1.29 is 9.47 Å². The van der Waals surface area contributed by atoms with E-state index in [2.05, 4.69) is 42.6 Å². The molecule has 1 aromatic carbocycles. The van der Waals surface area contributed by atoms with Crippen molar-refractivity contribution in [1.29, 1.82) is 0 Å². The highest BCUT2D eigenvalue weighted by Gasteiger charge is 2.23. The van der Waals surface area contributed by atoms with Crippen LogP contribution in [0.15, 0.2) is 30.3 Å². The summed E-state index contributed by atoms with van der Waals surface area (Å²) in [5.74, 6) is 0. The summed E-state index contributed by atoms with van der Waals surface area (Å²) in [4.78, 5) is 0. The molecule has 1 fully saturated rings. The minimum absolute atomic E-state index is 0.121. The first-order valence-electron chi connectivity index (χ1n) is 8.28. The van der Waals surface area contributed by atoms with Crippen LogP contribution in [-0.2, 0) is 9.47 Å². The summed E-state index contributed by atoms with van der Waals surface area (Å²) in [7, 11) is 1.81. The maximum absolute atomic E-state index is 5.78. The van der Waals surface area contributed by atoms with Crippen LogP contribution >= 0.6 is 0 Å². The van der Waals surface area contributed by atoms with Crippen LogP contribution in [0.25, 0.3) is 0 Å². The molecule has 1 aliphatic heterocycles. The van der Waals surface area contributed by atoms with Gasteiger partial charge in [0.25, 0.3) is 0 Å². The van der Waals surface area contributed by atoms with Gasteiger partial charge in [0.2, 0.25) is 0 Å². The summed E-state index contributed by atoms with van der Waals surface area (Å²) >= 11 is 0. The molecule has 3 unspecified atom stereocenters. The molecule has 1 saturated heterocycles. The molecule has 21 heavy (non-hydrogen) atoms. The fourth-order valence-electron chi connectivity index (χ4n) is 3.24. The molecular formula is C18H29NO2. The van der Waals surface area contributed by atoms with Crippen molar-refractivity contribution in [2.24, 2.45) is 0 Å². The van der Waals surface area contributed by atoms with Gasteiger partial charge in [-0.15, -0.1) is 0 Å². The van der Waals surface area contributed by atoms with Gasteiger partial charge in [-0.1, -0.05) is 37.3 Å². The summed E-state index contributed by atoms with van der Waals surface area (Å²) in [6, 6.07) is 10.9. The van der Waals surface area contributed by atoms with E-state index in [-0.39, 0.29) is 6.10 Å². The third kappa shape index (κ3) is 5.10. The average molecular weight is 291 g/mol. The molecule has 0 aromatic heterocycles. The Morgan fingerprint density at radius 1 is 1.33 bits per heavy atom. The van der Waals surface area contributed by atoms with E-state index in [1.54, 1.807) is 0 Å². The van der Waals surface area contributed by atoms with Gasteiger partial charge in [-0.3, -0.25) is 0 Å². The summed E-state index contributed by atoms with van der Waals surface area (Å²) < 4.78 is 11.5. The standard InChI is InChI=1S/C18H29NO2/c1-3-19-17(13-7-11-16-12-8-14-21-16)18(20-2)15-9-5-4-6-10-15/h4-6,9-10,16-19H,3,7-8,11-14H2,1-2H3. The quantitative estimate of drug-likeness (QED) is 0.752. The number of benzene rings is 1. The van der Waals surface area contributed by atoms with Crippen molar-refractivity contribution >= 4 is 0 Å². The molecule has 0 aliphatic carbocycles. The molecule has 1 N–H and O–H groups in total. The first-order valence-corrected chi connectivity index (χ1v) is 8.28. The van der Waals surface area contributed by atoms with Crippen LogP contribution < -0.4 is 5.32 Å². The molecule has 3 nitrogen and oxygen atoms in total. The topological polar surface area (TPSA) is 30.5 Å². The monoisotopic (exact) mass is 291 g/mol. The Kier molecular flexibility index (Phi) is 7.20. The molecule has 3 atom stereocenters. The normalized spacial score (nSPS) is 21.3. The average Bonchev–Trinajstić information content (AvgIpc) is 3.02. The SMILES string of the molecule is CCNC(CCCC1CCCO1)C(OC)c1ccccc1. The van der Waals surface area contributed by atoms with Crippen molar-refractivity contribution in [3.05, 3.63) is 35.9 Å². The van der Waals surface area contributed by atoms with Crippen LogP contribution in [0.2, 0.25) is 0 Å². The smallest absolute Gasteiger partial charge is 0.0973 e. The molecule has 0 amide bonds. The number of ether oxygens (including phenoxy) is 2. The van der Waals surface area contributed by atoms with Crippen molar-refractivity contribution in [3.63, 3.8) is 0 Å². The summed E-state index contributed by atoms with van der Waals surface area (Å²) in [5, 5.41) is 3.59. The lowest BCUT2D eigenvalue weighted by Crippen LogP contribution is -2.36. The van der Waals surface area contributed by atoms with Crippen molar-refractivity contribution in [2.45, 2.75) is 57.3 Å². The van der Waals surface area contributed by atoms with Gasteiger partial charge in [0.1, 0.15) is 0 Å². The third-order valence-electron chi connectivity index (χ3n) is 4.28. The second kappa shape index (κ2) is 9.19. The molecule has 3 heteroatoms. The van der Waals surface area contributed by atoms with E-state index in [0.717, 1.165) is 19.6 Å². The van der Waals surface area contributed by atoms with Crippen LogP contribution in [0, 0.1) is 0 Å². The van der Waals surface area contributed by atoms with Gasteiger partial charge in [0.05, 0.1) is 12.2 Å². The second-order valence-electron chi connectivity index (χ2n) is 5.80. The van der Waals surface area contributed by atoms with Crippen LogP contribution in [0.3, 0.4) is 0 Å². The molecule has 2 rings (SSSR count). The number of likely N-dealkylation sites (N-methyl/N-ethyl adjacent to an activating group) is 1.